The summed E-state index contributed by atoms with van der Waals surface area (Å²) in [6.45, 7) is 2.46. The molecule has 0 amide bonds. The van der Waals surface area contributed by atoms with Crippen molar-refractivity contribution in [2.75, 3.05) is 0 Å². The molecule has 0 aromatic rings. The fraction of sp³-hybridized carbons (Fsp3) is 1.00. The first-order chi connectivity index (χ1) is 4.33. The van der Waals surface area contributed by atoms with Crippen LogP contribution < -0.4 is 0 Å². The van der Waals surface area contributed by atoms with Crippen molar-refractivity contribution >= 4 is 0 Å². The number of hydrogen-bond acceptors (Lipinski definition) is 0. The second-order valence-electron chi connectivity index (χ2n) is 4.49. The maximum absolute atomic E-state index is 2.46. The van der Waals surface area contributed by atoms with Gasteiger partial charge in [0.15, 0.2) is 0 Å². The van der Waals surface area contributed by atoms with Gasteiger partial charge in [-0.25, -0.2) is 0 Å². The van der Waals surface area contributed by atoms with Crippen LogP contribution in [0.25, 0.3) is 0 Å². The van der Waals surface area contributed by atoms with Gasteiger partial charge in [-0.1, -0.05) is 6.92 Å². The zero-order valence-corrected chi connectivity index (χ0v) is 6.06. The lowest BCUT2D eigenvalue weighted by atomic mass is 9.71. The first-order valence-electron chi connectivity index (χ1n) is 4.33. The molecule has 50 valence electrons. The van der Waals surface area contributed by atoms with Crippen molar-refractivity contribution in [2.45, 2.75) is 32.6 Å². The largest absolute Gasteiger partial charge is 0.0622 e. The highest BCUT2D eigenvalue weighted by Gasteiger charge is 2.69. The normalized spacial score (nSPS) is 68.3. The van der Waals surface area contributed by atoms with E-state index in [2.05, 4.69) is 6.92 Å². The fourth-order valence-corrected chi connectivity index (χ4v) is 3.56. The van der Waals surface area contributed by atoms with Crippen LogP contribution in [0.2, 0.25) is 0 Å². The van der Waals surface area contributed by atoms with Crippen LogP contribution in [0.3, 0.4) is 0 Å². The smallest absolute Gasteiger partial charge is 0.0235 e. The van der Waals surface area contributed by atoms with E-state index in [1.54, 1.807) is 25.7 Å². The third kappa shape index (κ3) is 0.342. The van der Waals surface area contributed by atoms with Crippen LogP contribution in [-0.2, 0) is 0 Å². The van der Waals surface area contributed by atoms with E-state index in [-0.39, 0.29) is 0 Å². The van der Waals surface area contributed by atoms with Gasteiger partial charge in [0.1, 0.15) is 0 Å². The summed E-state index contributed by atoms with van der Waals surface area (Å²) in [7, 11) is 0. The minimum atomic E-state index is 0.972. The Bertz CT molecular complexity index is 157. The van der Waals surface area contributed by atoms with Crippen molar-refractivity contribution in [1.82, 2.24) is 0 Å². The van der Waals surface area contributed by atoms with E-state index in [9.17, 15) is 0 Å². The van der Waals surface area contributed by atoms with E-state index in [0.717, 1.165) is 11.3 Å². The van der Waals surface area contributed by atoms with Gasteiger partial charge < -0.3 is 0 Å². The minimum absolute atomic E-state index is 0.972. The predicted octanol–water partition coefficient (Wildman–Crippen LogP) is 2.44. The molecule has 4 atom stereocenters. The molecule has 3 aliphatic rings. The molecule has 0 N–H and O–H groups in total. The number of hydrogen-bond donors (Lipinski definition) is 0. The molecule has 3 aliphatic carbocycles. The summed E-state index contributed by atoms with van der Waals surface area (Å²) in [4.78, 5) is 0. The van der Waals surface area contributed by atoms with E-state index in [1.807, 2.05) is 0 Å². The summed E-state index contributed by atoms with van der Waals surface area (Å²) in [5.74, 6) is 3.48. The maximum Gasteiger partial charge on any atom is -0.0235 e. The minimum Gasteiger partial charge on any atom is -0.0622 e. The molecule has 1 spiro atoms. The van der Waals surface area contributed by atoms with Gasteiger partial charge in [0.2, 0.25) is 0 Å². The zero-order chi connectivity index (χ0) is 6.06. The van der Waals surface area contributed by atoms with Crippen molar-refractivity contribution in [3.05, 3.63) is 0 Å². The fourth-order valence-electron chi connectivity index (χ4n) is 3.56. The summed E-state index contributed by atoms with van der Waals surface area (Å²) in [5, 5.41) is 0. The van der Waals surface area contributed by atoms with E-state index < -0.39 is 0 Å². The zero-order valence-electron chi connectivity index (χ0n) is 6.06. The van der Waals surface area contributed by atoms with Gasteiger partial charge in [0, 0.05) is 0 Å². The Morgan fingerprint density at radius 2 is 2.33 bits per heavy atom. The lowest BCUT2D eigenvalue weighted by Crippen LogP contribution is -2.24. The van der Waals surface area contributed by atoms with Gasteiger partial charge in [0.25, 0.3) is 0 Å². The Hall–Kier alpha value is 0. The van der Waals surface area contributed by atoms with Crippen molar-refractivity contribution in [1.29, 1.82) is 0 Å². The molecule has 9 heavy (non-hydrogen) atoms. The summed E-state index contributed by atoms with van der Waals surface area (Å²) >= 11 is 0. The standard InChI is InChI=1S/C9H14/c1-6-4-7-2-3-9(7)5-8(6)9/h6-8H,2-5H2,1H3/t6-,7?,8?,9?/m0/s1. The summed E-state index contributed by atoms with van der Waals surface area (Å²) < 4.78 is 0. The van der Waals surface area contributed by atoms with Gasteiger partial charge in [-0.15, -0.1) is 0 Å². The van der Waals surface area contributed by atoms with Crippen LogP contribution in [0.4, 0.5) is 0 Å². The van der Waals surface area contributed by atoms with Crippen LogP contribution in [0.5, 0.6) is 0 Å². The van der Waals surface area contributed by atoms with Crippen molar-refractivity contribution in [3.63, 3.8) is 0 Å². The Kier molecular flexibility index (Phi) is 0.574. The molecule has 0 heterocycles. The topological polar surface area (TPSA) is 0 Å². The molecular weight excluding hydrogens is 108 g/mol. The van der Waals surface area contributed by atoms with E-state index in [0.29, 0.717) is 0 Å². The molecule has 0 aromatic carbocycles. The molecule has 0 nitrogen and oxygen atoms in total. The average Bonchev–Trinajstić information content (AvgIpc) is 2.50. The van der Waals surface area contributed by atoms with Crippen LogP contribution in [0.15, 0.2) is 0 Å². The van der Waals surface area contributed by atoms with Crippen LogP contribution in [0.1, 0.15) is 32.6 Å². The molecule has 0 aliphatic heterocycles. The van der Waals surface area contributed by atoms with Gasteiger partial charge in [0.05, 0.1) is 0 Å². The Morgan fingerprint density at radius 1 is 1.44 bits per heavy atom. The van der Waals surface area contributed by atoms with E-state index in [1.165, 1.54) is 11.8 Å². The Balaban J connectivity index is 1.97. The van der Waals surface area contributed by atoms with Crippen molar-refractivity contribution in [2.24, 2.45) is 23.2 Å². The van der Waals surface area contributed by atoms with Crippen LogP contribution in [-0.4, -0.2) is 0 Å². The maximum atomic E-state index is 2.46. The van der Waals surface area contributed by atoms with Gasteiger partial charge >= 0.3 is 0 Å². The molecule has 3 unspecified atom stereocenters. The average molecular weight is 122 g/mol. The third-order valence-electron chi connectivity index (χ3n) is 4.29. The van der Waals surface area contributed by atoms with Crippen LogP contribution in [0, 0.1) is 23.2 Å². The molecular formula is C9H14. The molecule has 3 rings (SSSR count). The highest BCUT2D eigenvalue weighted by molar-refractivity contribution is 5.18. The molecule has 3 saturated carbocycles. The van der Waals surface area contributed by atoms with Gasteiger partial charge in [-0.05, 0) is 48.9 Å². The quantitative estimate of drug-likeness (QED) is 0.463. The SMILES string of the molecule is C[C@H]1CC2CCC23CC13. The van der Waals surface area contributed by atoms with Gasteiger partial charge in [-0.2, -0.15) is 0 Å². The summed E-state index contributed by atoms with van der Waals surface area (Å²) in [6.07, 6.45) is 6.34. The van der Waals surface area contributed by atoms with E-state index >= 15 is 0 Å². The monoisotopic (exact) mass is 122 g/mol. The molecule has 0 bridgehead atoms. The van der Waals surface area contributed by atoms with Crippen molar-refractivity contribution in [3.8, 4) is 0 Å². The Morgan fingerprint density at radius 3 is 2.56 bits per heavy atom. The molecule has 0 saturated heterocycles. The third-order valence-corrected chi connectivity index (χ3v) is 4.29. The molecule has 0 aromatic heterocycles. The lowest BCUT2D eigenvalue weighted by Gasteiger charge is -2.34. The highest BCUT2D eigenvalue weighted by atomic mass is 14.7. The highest BCUT2D eigenvalue weighted by Crippen LogP contribution is 2.77. The van der Waals surface area contributed by atoms with Crippen molar-refractivity contribution < 1.29 is 0 Å². The second kappa shape index (κ2) is 1.09. The molecule has 0 heteroatoms. The van der Waals surface area contributed by atoms with Gasteiger partial charge in [-0.3, -0.25) is 0 Å². The molecule has 3 fully saturated rings. The second-order valence-corrected chi connectivity index (χ2v) is 4.49. The summed E-state index contributed by atoms with van der Waals surface area (Å²) in [6, 6.07) is 0. The summed E-state index contributed by atoms with van der Waals surface area (Å²) in [5.41, 5.74) is 0.972. The Labute approximate surface area is 56.6 Å². The van der Waals surface area contributed by atoms with E-state index in [4.69, 9.17) is 0 Å². The first-order valence-corrected chi connectivity index (χ1v) is 4.33. The predicted molar refractivity (Wildman–Crippen MR) is 37.0 cm³/mol. The first kappa shape index (κ1) is 4.76. The van der Waals surface area contributed by atoms with Crippen LogP contribution >= 0.6 is 0 Å². The lowest BCUT2D eigenvalue weighted by molar-refractivity contribution is 0.164. The molecule has 0 radical (unpaired) electrons. The number of rotatable bonds is 0.